The highest BCUT2D eigenvalue weighted by Gasteiger charge is 2.05. The summed E-state index contributed by atoms with van der Waals surface area (Å²) in [6, 6.07) is 9.87. The van der Waals surface area contributed by atoms with Gasteiger partial charge in [-0.2, -0.15) is 0 Å². The second kappa shape index (κ2) is 5.64. The van der Waals surface area contributed by atoms with Crippen LogP contribution in [0.4, 0.5) is 5.69 Å². The molecular weight excluding hydrogens is 294 g/mol. The first-order valence-corrected chi connectivity index (χ1v) is 7.23. The lowest BCUT2D eigenvalue weighted by Crippen LogP contribution is -1.99. The van der Waals surface area contributed by atoms with Gasteiger partial charge in [0.1, 0.15) is 0 Å². The van der Waals surface area contributed by atoms with Gasteiger partial charge < -0.3 is 10.1 Å². The molecule has 1 aromatic carbocycles. The number of methoxy groups -OCH3 is 1. The quantitative estimate of drug-likeness (QED) is 0.792. The van der Waals surface area contributed by atoms with Gasteiger partial charge in [0.2, 0.25) is 5.88 Å². The first-order chi connectivity index (χ1) is 9.76. The zero-order chi connectivity index (χ0) is 13.9. The number of anilines is 1. The molecule has 0 saturated carbocycles. The summed E-state index contributed by atoms with van der Waals surface area (Å²) in [6.07, 6.45) is 1.78. The van der Waals surface area contributed by atoms with E-state index < -0.39 is 0 Å². The SMILES string of the molecule is COc1ccc2cccc(NCc3cnc(Cl)s3)c2n1. The van der Waals surface area contributed by atoms with Crippen LogP contribution in [-0.4, -0.2) is 17.1 Å². The van der Waals surface area contributed by atoms with Gasteiger partial charge in [-0.05, 0) is 12.1 Å². The smallest absolute Gasteiger partial charge is 0.213 e. The van der Waals surface area contributed by atoms with Crippen LogP contribution >= 0.6 is 22.9 Å². The van der Waals surface area contributed by atoms with Crippen molar-refractivity contribution in [2.75, 3.05) is 12.4 Å². The van der Waals surface area contributed by atoms with Crippen LogP contribution < -0.4 is 10.1 Å². The van der Waals surface area contributed by atoms with E-state index in [4.69, 9.17) is 16.3 Å². The van der Waals surface area contributed by atoms with Crippen molar-refractivity contribution in [3.8, 4) is 5.88 Å². The lowest BCUT2D eigenvalue weighted by Gasteiger charge is -2.09. The molecule has 4 nitrogen and oxygen atoms in total. The number of ether oxygens (including phenoxy) is 1. The molecule has 3 aromatic rings. The van der Waals surface area contributed by atoms with Crippen LogP contribution in [0.25, 0.3) is 10.9 Å². The van der Waals surface area contributed by atoms with E-state index in [9.17, 15) is 0 Å². The van der Waals surface area contributed by atoms with Crippen molar-refractivity contribution in [1.82, 2.24) is 9.97 Å². The molecule has 6 heteroatoms. The Labute approximate surface area is 125 Å². The van der Waals surface area contributed by atoms with Gasteiger partial charge in [0.15, 0.2) is 4.47 Å². The van der Waals surface area contributed by atoms with Gasteiger partial charge in [-0.3, -0.25) is 0 Å². The largest absolute Gasteiger partial charge is 0.481 e. The Morgan fingerprint density at radius 2 is 2.20 bits per heavy atom. The zero-order valence-electron chi connectivity index (χ0n) is 10.8. The summed E-state index contributed by atoms with van der Waals surface area (Å²) in [4.78, 5) is 9.59. The molecule has 0 spiro atoms. The zero-order valence-corrected chi connectivity index (χ0v) is 12.3. The van der Waals surface area contributed by atoms with Gasteiger partial charge in [0, 0.05) is 22.5 Å². The molecule has 0 aliphatic heterocycles. The van der Waals surface area contributed by atoms with Crippen molar-refractivity contribution < 1.29 is 4.74 Å². The highest BCUT2D eigenvalue weighted by atomic mass is 35.5. The summed E-state index contributed by atoms with van der Waals surface area (Å²) in [7, 11) is 1.61. The highest BCUT2D eigenvalue weighted by Crippen LogP contribution is 2.25. The number of rotatable bonds is 4. The number of fused-ring (bicyclic) bond motifs is 1. The Kier molecular flexibility index (Phi) is 3.71. The number of aromatic nitrogens is 2. The minimum atomic E-state index is 0.555. The molecule has 2 heterocycles. The van der Waals surface area contributed by atoms with Gasteiger partial charge in [-0.25, -0.2) is 9.97 Å². The van der Waals surface area contributed by atoms with E-state index in [-0.39, 0.29) is 0 Å². The molecule has 0 aliphatic carbocycles. The second-order valence-electron chi connectivity index (χ2n) is 4.16. The Morgan fingerprint density at radius 3 is 2.95 bits per heavy atom. The van der Waals surface area contributed by atoms with E-state index >= 15 is 0 Å². The number of pyridine rings is 1. The van der Waals surface area contributed by atoms with Gasteiger partial charge in [-0.1, -0.05) is 23.7 Å². The van der Waals surface area contributed by atoms with Crippen LogP contribution in [0.2, 0.25) is 4.47 Å². The maximum atomic E-state index is 5.83. The number of thiazole rings is 1. The molecule has 0 fully saturated rings. The molecule has 0 saturated heterocycles. The Bertz CT molecular complexity index is 744. The van der Waals surface area contributed by atoms with Crippen molar-refractivity contribution in [2.45, 2.75) is 6.54 Å². The monoisotopic (exact) mass is 305 g/mol. The normalized spacial score (nSPS) is 10.7. The third kappa shape index (κ3) is 2.69. The topological polar surface area (TPSA) is 47.0 Å². The average molecular weight is 306 g/mol. The summed E-state index contributed by atoms with van der Waals surface area (Å²) in [5.74, 6) is 0.604. The fraction of sp³-hybridized carbons (Fsp3) is 0.143. The molecule has 1 N–H and O–H groups in total. The Morgan fingerprint density at radius 1 is 1.30 bits per heavy atom. The first-order valence-electron chi connectivity index (χ1n) is 6.04. The summed E-state index contributed by atoms with van der Waals surface area (Å²) in [6.45, 7) is 0.669. The van der Waals surface area contributed by atoms with Crippen LogP contribution in [0, 0.1) is 0 Å². The summed E-state index contributed by atoms with van der Waals surface area (Å²) < 4.78 is 5.73. The lowest BCUT2D eigenvalue weighted by molar-refractivity contribution is 0.399. The molecule has 0 unspecified atom stereocenters. The number of nitrogens with one attached hydrogen (secondary N) is 1. The Balaban J connectivity index is 1.90. The standard InChI is InChI=1S/C14H12ClN3OS/c1-19-12-6-5-9-3-2-4-11(13(9)18-12)16-7-10-8-17-14(15)20-10/h2-6,8,16H,7H2,1H3. The van der Waals surface area contributed by atoms with Gasteiger partial charge in [0.05, 0.1) is 24.9 Å². The fourth-order valence-electron chi connectivity index (χ4n) is 1.93. The highest BCUT2D eigenvalue weighted by molar-refractivity contribution is 7.15. The minimum absolute atomic E-state index is 0.555. The van der Waals surface area contributed by atoms with Crippen molar-refractivity contribution in [3.63, 3.8) is 0 Å². The third-order valence-electron chi connectivity index (χ3n) is 2.88. The van der Waals surface area contributed by atoms with Gasteiger partial charge >= 0.3 is 0 Å². The number of hydrogen-bond acceptors (Lipinski definition) is 5. The van der Waals surface area contributed by atoms with Crippen LogP contribution in [0.15, 0.2) is 36.5 Å². The molecule has 0 atom stereocenters. The van der Waals surface area contributed by atoms with Crippen LogP contribution in [0.3, 0.4) is 0 Å². The number of para-hydroxylation sites is 1. The van der Waals surface area contributed by atoms with Crippen molar-refractivity contribution in [3.05, 3.63) is 45.9 Å². The molecule has 20 heavy (non-hydrogen) atoms. The van der Waals surface area contributed by atoms with Crippen molar-refractivity contribution in [2.24, 2.45) is 0 Å². The van der Waals surface area contributed by atoms with E-state index in [2.05, 4.69) is 15.3 Å². The lowest BCUT2D eigenvalue weighted by atomic mass is 10.2. The maximum Gasteiger partial charge on any atom is 0.213 e. The van der Waals surface area contributed by atoms with E-state index in [0.29, 0.717) is 16.9 Å². The van der Waals surface area contributed by atoms with Crippen LogP contribution in [0.5, 0.6) is 5.88 Å². The molecule has 0 radical (unpaired) electrons. The van der Waals surface area contributed by atoms with E-state index in [1.807, 2.05) is 30.3 Å². The molecule has 3 rings (SSSR count). The summed E-state index contributed by atoms with van der Waals surface area (Å²) in [5, 5.41) is 4.43. The average Bonchev–Trinajstić information content (AvgIpc) is 2.90. The fourth-order valence-corrected chi connectivity index (χ4v) is 2.85. The molecule has 0 amide bonds. The first kappa shape index (κ1) is 13.1. The van der Waals surface area contributed by atoms with Crippen LogP contribution in [0.1, 0.15) is 4.88 Å². The van der Waals surface area contributed by atoms with E-state index in [1.54, 1.807) is 13.3 Å². The molecular formula is C14H12ClN3OS. The van der Waals surface area contributed by atoms with E-state index in [0.717, 1.165) is 21.5 Å². The Hall–Kier alpha value is -1.85. The number of benzene rings is 1. The summed E-state index contributed by atoms with van der Waals surface area (Å²) >= 11 is 7.29. The van der Waals surface area contributed by atoms with Crippen LogP contribution in [-0.2, 0) is 6.54 Å². The number of hydrogen-bond donors (Lipinski definition) is 1. The third-order valence-corrected chi connectivity index (χ3v) is 4.00. The van der Waals surface area contributed by atoms with Crippen molar-refractivity contribution in [1.29, 1.82) is 0 Å². The maximum absolute atomic E-state index is 5.83. The van der Waals surface area contributed by atoms with Gasteiger partial charge in [-0.15, -0.1) is 11.3 Å². The number of halogens is 1. The number of nitrogens with zero attached hydrogens (tertiary/aromatic N) is 2. The summed E-state index contributed by atoms with van der Waals surface area (Å²) in [5.41, 5.74) is 1.85. The predicted molar refractivity (Wildman–Crippen MR) is 82.7 cm³/mol. The second-order valence-corrected chi connectivity index (χ2v) is 5.86. The molecule has 0 aliphatic rings. The molecule has 0 bridgehead atoms. The van der Waals surface area contributed by atoms with Gasteiger partial charge in [0.25, 0.3) is 0 Å². The molecule has 102 valence electrons. The predicted octanol–water partition coefficient (Wildman–Crippen LogP) is 3.97. The van der Waals surface area contributed by atoms with Crippen molar-refractivity contribution >= 4 is 39.5 Å². The molecule has 2 aromatic heterocycles. The van der Waals surface area contributed by atoms with E-state index in [1.165, 1.54) is 11.3 Å². The minimum Gasteiger partial charge on any atom is -0.481 e.